The van der Waals surface area contributed by atoms with Crippen molar-refractivity contribution in [2.45, 2.75) is 33.7 Å². The number of hydrogen-bond acceptors (Lipinski definition) is 3. The molecule has 4 heteroatoms. The number of H-pyrrole nitrogens is 1. The highest BCUT2D eigenvalue weighted by atomic mass is 15.1. The van der Waals surface area contributed by atoms with Crippen LogP contribution >= 0.6 is 0 Å². The summed E-state index contributed by atoms with van der Waals surface area (Å²) in [5.41, 5.74) is 6.86. The van der Waals surface area contributed by atoms with Gasteiger partial charge in [-0.05, 0) is 63.1 Å². The summed E-state index contributed by atoms with van der Waals surface area (Å²) in [4.78, 5) is 4.58. The van der Waals surface area contributed by atoms with Gasteiger partial charge in [0.25, 0.3) is 0 Å². The third-order valence-corrected chi connectivity index (χ3v) is 3.84. The molecule has 0 aliphatic carbocycles. The Kier molecular flexibility index (Phi) is 3.37. The second-order valence-corrected chi connectivity index (χ2v) is 5.62. The zero-order valence-electron chi connectivity index (χ0n) is 12.9. The molecule has 108 valence electrons. The van der Waals surface area contributed by atoms with Crippen LogP contribution in [0.4, 0.5) is 5.69 Å². The summed E-state index contributed by atoms with van der Waals surface area (Å²) in [5.74, 6) is 0. The molecule has 3 aromatic rings. The van der Waals surface area contributed by atoms with Gasteiger partial charge in [-0.3, -0.25) is 10.1 Å². The van der Waals surface area contributed by atoms with Crippen molar-refractivity contribution in [3.05, 3.63) is 53.0 Å². The van der Waals surface area contributed by atoms with Crippen LogP contribution in [0.15, 0.2) is 30.5 Å². The number of aromatic amines is 1. The Morgan fingerprint density at radius 1 is 1.14 bits per heavy atom. The fourth-order valence-corrected chi connectivity index (χ4v) is 3.04. The topological polar surface area (TPSA) is 53.6 Å². The Morgan fingerprint density at radius 3 is 2.71 bits per heavy atom. The molecule has 3 rings (SSSR count). The molecule has 2 N–H and O–H groups in total. The van der Waals surface area contributed by atoms with Crippen molar-refractivity contribution in [3.8, 4) is 0 Å². The number of anilines is 1. The van der Waals surface area contributed by atoms with Crippen LogP contribution in [-0.2, 0) is 0 Å². The van der Waals surface area contributed by atoms with Crippen LogP contribution in [0.5, 0.6) is 0 Å². The van der Waals surface area contributed by atoms with E-state index in [2.05, 4.69) is 59.5 Å². The fourth-order valence-electron chi connectivity index (χ4n) is 3.04. The average molecular weight is 280 g/mol. The van der Waals surface area contributed by atoms with E-state index < -0.39 is 0 Å². The molecule has 2 aromatic heterocycles. The van der Waals surface area contributed by atoms with E-state index in [1.807, 2.05) is 19.2 Å². The molecule has 0 spiro atoms. The van der Waals surface area contributed by atoms with Gasteiger partial charge in [-0.1, -0.05) is 0 Å². The van der Waals surface area contributed by atoms with Crippen LogP contribution in [0.25, 0.3) is 10.9 Å². The lowest BCUT2D eigenvalue weighted by Gasteiger charge is -2.20. The van der Waals surface area contributed by atoms with Gasteiger partial charge in [0.1, 0.15) is 0 Å². The van der Waals surface area contributed by atoms with Crippen molar-refractivity contribution in [3.63, 3.8) is 0 Å². The number of hydrogen-bond donors (Lipinski definition) is 2. The lowest BCUT2D eigenvalue weighted by atomic mass is 10.00. The molecule has 0 aliphatic rings. The molecule has 0 saturated carbocycles. The first kappa shape index (κ1) is 13.6. The largest absolute Gasteiger partial charge is 0.378 e. The first-order valence-electron chi connectivity index (χ1n) is 7.19. The molecular weight excluding hydrogens is 260 g/mol. The molecule has 0 amide bonds. The average Bonchev–Trinajstić information content (AvgIpc) is 2.84. The number of nitrogens with zero attached hydrogens (tertiary/aromatic N) is 2. The van der Waals surface area contributed by atoms with Gasteiger partial charge < -0.3 is 5.32 Å². The SMILES string of the molecule is Cc1cc(C)c(C(C)Nc2ccc3[nH]ncc3c2)c(C)n1. The Hall–Kier alpha value is -2.36. The second kappa shape index (κ2) is 5.20. The van der Waals surface area contributed by atoms with Crippen LogP contribution in [0.1, 0.15) is 35.5 Å². The van der Waals surface area contributed by atoms with Crippen LogP contribution in [0.3, 0.4) is 0 Å². The van der Waals surface area contributed by atoms with E-state index in [1.54, 1.807) is 0 Å². The fraction of sp³-hybridized carbons (Fsp3) is 0.294. The summed E-state index contributed by atoms with van der Waals surface area (Å²) in [6, 6.07) is 8.58. The summed E-state index contributed by atoms with van der Waals surface area (Å²) < 4.78 is 0. The van der Waals surface area contributed by atoms with Crippen molar-refractivity contribution in [1.82, 2.24) is 15.2 Å². The van der Waals surface area contributed by atoms with Gasteiger partial charge in [0.2, 0.25) is 0 Å². The van der Waals surface area contributed by atoms with Gasteiger partial charge in [0, 0.05) is 22.5 Å². The summed E-state index contributed by atoms with van der Waals surface area (Å²) in [5, 5.41) is 11.7. The molecule has 1 atom stereocenters. The van der Waals surface area contributed by atoms with Crippen LogP contribution in [0, 0.1) is 20.8 Å². The van der Waals surface area contributed by atoms with E-state index >= 15 is 0 Å². The second-order valence-electron chi connectivity index (χ2n) is 5.62. The summed E-state index contributed by atoms with van der Waals surface area (Å²) in [7, 11) is 0. The first-order valence-corrected chi connectivity index (χ1v) is 7.19. The Labute approximate surface area is 124 Å². The lowest BCUT2D eigenvalue weighted by Crippen LogP contribution is -2.11. The monoisotopic (exact) mass is 280 g/mol. The van der Waals surface area contributed by atoms with Gasteiger partial charge >= 0.3 is 0 Å². The van der Waals surface area contributed by atoms with Crippen molar-refractivity contribution in [2.24, 2.45) is 0 Å². The van der Waals surface area contributed by atoms with E-state index in [-0.39, 0.29) is 6.04 Å². The number of rotatable bonds is 3. The Morgan fingerprint density at radius 2 is 1.95 bits per heavy atom. The molecule has 4 nitrogen and oxygen atoms in total. The van der Waals surface area contributed by atoms with Crippen LogP contribution in [0.2, 0.25) is 0 Å². The molecule has 21 heavy (non-hydrogen) atoms. The molecule has 1 aromatic carbocycles. The normalized spacial score (nSPS) is 12.6. The maximum Gasteiger partial charge on any atom is 0.0651 e. The number of aryl methyl sites for hydroxylation is 3. The maximum atomic E-state index is 4.58. The highest BCUT2D eigenvalue weighted by Gasteiger charge is 2.13. The number of aromatic nitrogens is 3. The van der Waals surface area contributed by atoms with Gasteiger partial charge in [-0.25, -0.2) is 0 Å². The Bertz CT molecular complexity index is 765. The molecule has 0 fully saturated rings. The number of fused-ring (bicyclic) bond motifs is 1. The van der Waals surface area contributed by atoms with E-state index in [0.717, 1.165) is 28.0 Å². The summed E-state index contributed by atoms with van der Waals surface area (Å²) in [6.45, 7) is 8.43. The Balaban J connectivity index is 1.90. The quantitative estimate of drug-likeness (QED) is 0.760. The van der Waals surface area contributed by atoms with Gasteiger partial charge in [-0.2, -0.15) is 5.10 Å². The standard InChI is InChI=1S/C17H20N4/c1-10-7-11(2)19-12(3)17(10)13(4)20-15-5-6-16-14(8-15)9-18-21-16/h5-9,13,20H,1-4H3,(H,18,21). The third-order valence-electron chi connectivity index (χ3n) is 3.84. The highest BCUT2D eigenvalue weighted by Crippen LogP contribution is 2.26. The van der Waals surface area contributed by atoms with Crippen molar-refractivity contribution >= 4 is 16.6 Å². The number of pyridine rings is 1. The van der Waals surface area contributed by atoms with Crippen molar-refractivity contribution < 1.29 is 0 Å². The minimum atomic E-state index is 0.211. The predicted molar refractivity (Wildman–Crippen MR) is 86.6 cm³/mol. The third kappa shape index (κ3) is 2.61. The van der Waals surface area contributed by atoms with Crippen molar-refractivity contribution in [2.75, 3.05) is 5.32 Å². The molecular formula is C17H20N4. The van der Waals surface area contributed by atoms with Crippen LogP contribution < -0.4 is 5.32 Å². The zero-order chi connectivity index (χ0) is 15.0. The molecule has 0 saturated heterocycles. The van der Waals surface area contributed by atoms with Gasteiger partial charge in [0.15, 0.2) is 0 Å². The van der Waals surface area contributed by atoms with Crippen molar-refractivity contribution in [1.29, 1.82) is 0 Å². The first-order chi connectivity index (χ1) is 10.0. The highest BCUT2D eigenvalue weighted by molar-refractivity contribution is 5.81. The molecule has 1 unspecified atom stereocenters. The molecule has 0 bridgehead atoms. The smallest absolute Gasteiger partial charge is 0.0651 e. The summed E-state index contributed by atoms with van der Waals surface area (Å²) in [6.07, 6.45) is 1.84. The molecule has 0 radical (unpaired) electrons. The zero-order valence-corrected chi connectivity index (χ0v) is 12.9. The molecule has 0 aliphatic heterocycles. The number of nitrogens with one attached hydrogen (secondary N) is 2. The predicted octanol–water partition coefficient (Wildman–Crippen LogP) is 4.06. The van der Waals surface area contributed by atoms with Crippen LogP contribution in [-0.4, -0.2) is 15.2 Å². The minimum absolute atomic E-state index is 0.211. The van der Waals surface area contributed by atoms with E-state index in [9.17, 15) is 0 Å². The van der Waals surface area contributed by atoms with E-state index in [4.69, 9.17) is 0 Å². The summed E-state index contributed by atoms with van der Waals surface area (Å²) >= 11 is 0. The molecule has 2 heterocycles. The maximum absolute atomic E-state index is 4.58. The van der Waals surface area contributed by atoms with E-state index in [0.29, 0.717) is 0 Å². The minimum Gasteiger partial charge on any atom is -0.378 e. The van der Waals surface area contributed by atoms with Gasteiger partial charge in [0.05, 0.1) is 17.8 Å². The number of benzene rings is 1. The van der Waals surface area contributed by atoms with Gasteiger partial charge in [-0.15, -0.1) is 0 Å². The van der Waals surface area contributed by atoms with E-state index in [1.165, 1.54) is 11.1 Å². The lowest BCUT2D eigenvalue weighted by molar-refractivity contribution is 0.843.